The Labute approximate surface area is 75.1 Å². The fraction of sp³-hybridized carbons (Fsp3) is 0. The van der Waals surface area contributed by atoms with E-state index in [2.05, 4.69) is 56.9 Å². The van der Waals surface area contributed by atoms with Crippen molar-refractivity contribution >= 4 is 11.8 Å². The Morgan fingerprint density at radius 2 is 1.00 bits per heavy atom. The topological polar surface area (TPSA) is 160 Å². The minimum atomic E-state index is 2.49. The number of halogens is 1. The lowest BCUT2D eigenvalue weighted by molar-refractivity contribution is 0.760. The standard InChI is InChI=1S/ClHN12/c1-3-5-7-9-11-13-12-10-8-6-4-2/h2H/b4-2?,5-3+,8-6+,9-7+,12-10+,13-11+. The third-order valence-electron chi connectivity index (χ3n) is 0.399. The van der Waals surface area contributed by atoms with Gasteiger partial charge in [0.25, 0.3) is 0 Å². The van der Waals surface area contributed by atoms with Crippen molar-refractivity contribution in [2.75, 3.05) is 0 Å². The quantitative estimate of drug-likeness (QED) is 0.515. The first-order valence-electron chi connectivity index (χ1n) is 2.39. The average molecular weight is 205 g/mol. The zero-order valence-electron chi connectivity index (χ0n) is 5.80. The average Bonchev–Trinajstić information content (AvgIpc) is 2.16. The molecule has 0 aromatic rings. The zero-order chi connectivity index (χ0) is 9.78. The van der Waals surface area contributed by atoms with E-state index >= 15 is 0 Å². The van der Waals surface area contributed by atoms with Crippen molar-refractivity contribution < 1.29 is 0 Å². The van der Waals surface area contributed by atoms with Crippen LogP contribution in [-0.2, 0) is 0 Å². The highest BCUT2D eigenvalue weighted by molar-refractivity contribution is 6.13. The first-order chi connectivity index (χ1) is 6.41. The minimum Gasteiger partial charge on any atom is -0.183 e. The monoisotopic (exact) mass is 204 g/mol. The van der Waals surface area contributed by atoms with Gasteiger partial charge in [0.15, 0.2) is 0 Å². The van der Waals surface area contributed by atoms with Gasteiger partial charge in [-0.1, -0.05) is 4.63 Å². The Morgan fingerprint density at radius 3 is 1.38 bits per heavy atom. The summed E-state index contributed by atoms with van der Waals surface area (Å²) in [5, 5.41) is 28.5. The van der Waals surface area contributed by atoms with Crippen LogP contribution in [0.25, 0.3) is 0 Å². The van der Waals surface area contributed by atoms with Gasteiger partial charge in [-0.25, -0.2) is 0 Å². The van der Waals surface area contributed by atoms with E-state index in [-0.39, 0.29) is 0 Å². The highest BCUT2D eigenvalue weighted by Gasteiger charge is 1.67. The van der Waals surface area contributed by atoms with Gasteiger partial charge < -0.3 is 0 Å². The molecule has 0 aromatic heterocycles. The van der Waals surface area contributed by atoms with Crippen molar-refractivity contribution in [3.63, 3.8) is 0 Å². The van der Waals surface area contributed by atoms with Gasteiger partial charge in [0.1, 0.15) is 0 Å². The van der Waals surface area contributed by atoms with E-state index in [9.17, 15) is 0 Å². The summed E-state index contributed by atoms with van der Waals surface area (Å²) >= 11 is 4.73. The maximum atomic E-state index is 6.14. The molecule has 0 unspecified atom stereocenters. The summed E-state index contributed by atoms with van der Waals surface area (Å²) in [4.78, 5) is 0. The maximum Gasteiger partial charge on any atom is 0.0622 e. The molecular weight excluding hydrogens is 204 g/mol. The van der Waals surface area contributed by atoms with Crippen LogP contribution < -0.4 is 0 Å². The molecule has 0 atom stereocenters. The first kappa shape index (κ1) is 10.9. The van der Waals surface area contributed by atoms with Gasteiger partial charge in [-0.15, -0.1) is 0 Å². The van der Waals surface area contributed by atoms with Crippen LogP contribution >= 0.6 is 11.8 Å². The molecule has 0 rings (SSSR count). The SMILES string of the molecule is N=N/N=N/N=N/N=N/N=N/N=N/Cl. The van der Waals surface area contributed by atoms with Crippen molar-refractivity contribution in [2.24, 2.45) is 56.9 Å². The van der Waals surface area contributed by atoms with E-state index in [1.54, 1.807) is 0 Å². The van der Waals surface area contributed by atoms with E-state index in [1.807, 2.05) is 0 Å². The lowest BCUT2D eigenvalue weighted by Crippen LogP contribution is -1.48. The van der Waals surface area contributed by atoms with Crippen molar-refractivity contribution in [3.8, 4) is 0 Å². The van der Waals surface area contributed by atoms with Crippen molar-refractivity contribution in [2.45, 2.75) is 0 Å². The molecule has 0 aliphatic rings. The molecule has 0 heterocycles. The number of nitrogens with one attached hydrogen (secondary N) is 1. The zero-order valence-corrected chi connectivity index (χ0v) is 6.55. The second-order valence-corrected chi connectivity index (χ2v) is 1.13. The van der Waals surface area contributed by atoms with Crippen molar-refractivity contribution in [1.82, 2.24) is 0 Å². The number of nitrogens with zero attached hydrogens (tertiary/aromatic N) is 11. The van der Waals surface area contributed by atoms with Crippen molar-refractivity contribution in [3.05, 3.63) is 0 Å². The van der Waals surface area contributed by atoms with Gasteiger partial charge in [0.2, 0.25) is 0 Å². The Balaban J connectivity index is 3.68. The van der Waals surface area contributed by atoms with E-state index in [4.69, 9.17) is 17.3 Å². The van der Waals surface area contributed by atoms with E-state index in [0.717, 1.165) is 0 Å². The number of hydrogen-bond acceptors (Lipinski definition) is 2. The third-order valence-corrected chi connectivity index (χ3v) is 0.466. The summed E-state index contributed by atoms with van der Waals surface area (Å²) in [7, 11) is 0. The summed E-state index contributed by atoms with van der Waals surface area (Å²) < 4.78 is 2.71. The molecule has 0 bridgehead atoms. The molecule has 13 heavy (non-hydrogen) atoms. The first-order valence-corrected chi connectivity index (χ1v) is 2.73. The fourth-order valence-electron chi connectivity index (χ4n) is 0.160. The molecule has 0 radical (unpaired) electrons. The molecule has 12 nitrogen and oxygen atoms in total. The number of hydrogen-bond donors (Lipinski definition) is 1. The van der Waals surface area contributed by atoms with Crippen LogP contribution in [0.2, 0.25) is 0 Å². The molecule has 0 saturated carbocycles. The largest absolute Gasteiger partial charge is 0.183 e. The molecule has 0 fully saturated rings. The molecule has 0 spiro atoms. The second-order valence-electron chi connectivity index (χ2n) is 0.981. The minimum absolute atomic E-state index is 2.49. The van der Waals surface area contributed by atoms with E-state index < -0.39 is 0 Å². The highest BCUT2D eigenvalue weighted by Crippen LogP contribution is 1.87. The summed E-state index contributed by atoms with van der Waals surface area (Å²) in [5.74, 6) is 0. The van der Waals surface area contributed by atoms with Gasteiger partial charge in [0.05, 0.1) is 11.8 Å². The Kier molecular flexibility index (Phi) is 8.28. The summed E-state index contributed by atoms with van der Waals surface area (Å²) in [6.07, 6.45) is 0. The van der Waals surface area contributed by atoms with Crippen LogP contribution in [0.3, 0.4) is 0 Å². The summed E-state index contributed by atoms with van der Waals surface area (Å²) in [6.45, 7) is 0. The van der Waals surface area contributed by atoms with Gasteiger partial charge >= 0.3 is 0 Å². The third kappa shape index (κ3) is 9.89. The molecule has 13 heteroatoms. The van der Waals surface area contributed by atoms with Crippen molar-refractivity contribution in [1.29, 1.82) is 5.53 Å². The number of rotatable bonds is 5. The van der Waals surface area contributed by atoms with Gasteiger partial charge in [-0.3, -0.25) is 0 Å². The summed E-state index contributed by atoms with van der Waals surface area (Å²) in [5.41, 5.74) is 6.14. The molecular formula is HClN12. The van der Waals surface area contributed by atoms with Crippen LogP contribution in [0.15, 0.2) is 56.9 Å². The maximum absolute atomic E-state index is 6.14. The van der Waals surface area contributed by atoms with Crippen LogP contribution in [0, 0.1) is 5.53 Å². The fourth-order valence-corrected chi connectivity index (χ4v) is 0.191. The van der Waals surface area contributed by atoms with E-state index in [1.165, 1.54) is 0 Å². The Hall–Kier alpha value is -2.11. The molecule has 68 valence electrons. The van der Waals surface area contributed by atoms with E-state index in [0.29, 0.717) is 0 Å². The lowest BCUT2D eigenvalue weighted by atomic mass is 12.3. The van der Waals surface area contributed by atoms with Crippen LogP contribution in [0.1, 0.15) is 0 Å². The molecule has 0 amide bonds. The van der Waals surface area contributed by atoms with Gasteiger partial charge in [-0.2, -0.15) is 5.53 Å². The smallest absolute Gasteiger partial charge is 0.0622 e. The lowest BCUT2D eigenvalue weighted by Gasteiger charge is -1.67. The molecule has 0 aromatic carbocycles. The predicted octanol–water partition coefficient (Wildman–Crippen LogP) is 3.01. The Bertz CT molecular complexity index is 252. The summed E-state index contributed by atoms with van der Waals surface area (Å²) in [6, 6.07) is 0. The van der Waals surface area contributed by atoms with Gasteiger partial charge in [-0.05, 0) is 52.2 Å². The molecule has 1 N–H and O–H groups in total. The van der Waals surface area contributed by atoms with Gasteiger partial charge in [0, 0.05) is 0 Å². The highest BCUT2D eigenvalue weighted by atomic mass is 35.5. The normalized spacial score (nSPS) is 13.3. The van der Waals surface area contributed by atoms with Crippen LogP contribution in [0.4, 0.5) is 0 Å². The molecule has 0 aliphatic heterocycles. The molecule has 0 aliphatic carbocycles. The predicted molar refractivity (Wildman–Crippen MR) is 35.3 cm³/mol. The Morgan fingerprint density at radius 1 is 0.615 bits per heavy atom. The van der Waals surface area contributed by atoms with Crippen LogP contribution in [-0.4, -0.2) is 0 Å². The van der Waals surface area contributed by atoms with Crippen LogP contribution in [0.5, 0.6) is 0 Å². The molecule has 0 saturated heterocycles. The second kappa shape index (κ2) is 9.89.